The second-order valence-electron chi connectivity index (χ2n) is 2.43. The fourth-order valence-corrected chi connectivity index (χ4v) is 0.623. The molecule has 0 aliphatic carbocycles. The summed E-state index contributed by atoms with van der Waals surface area (Å²) in [4.78, 5) is 1.95. The van der Waals surface area contributed by atoms with Gasteiger partial charge in [0.05, 0.1) is 0 Å². The summed E-state index contributed by atoms with van der Waals surface area (Å²) in [5, 5.41) is 0. The van der Waals surface area contributed by atoms with Crippen LogP contribution in [0.2, 0.25) is 0 Å². The third-order valence-electron chi connectivity index (χ3n) is 0.677. The van der Waals surface area contributed by atoms with E-state index in [0.29, 0.717) is 0 Å². The van der Waals surface area contributed by atoms with Gasteiger partial charge in [-0.25, -0.2) is 0 Å². The van der Waals surface area contributed by atoms with Gasteiger partial charge in [0.2, 0.25) is 0 Å². The molecular formula is C6H14NY-. The van der Waals surface area contributed by atoms with Crippen LogP contribution in [0.1, 0.15) is 13.8 Å². The Balaban J connectivity index is 0. The third-order valence-corrected chi connectivity index (χ3v) is 0.677. The van der Waals surface area contributed by atoms with E-state index in [4.69, 9.17) is 0 Å². The van der Waals surface area contributed by atoms with Gasteiger partial charge in [0.1, 0.15) is 0 Å². The second-order valence-corrected chi connectivity index (χ2v) is 2.43. The molecule has 47 valence electrons. The molecule has 0 bridgehead atoms. The first-order chi connectivity index (χ1) is 3.13. The average Bonchev–Trinajstić information content (AvgIpc) is 1.27. The van der Waals surface area contributed by atoms with Crippen LogP contribution in [0, 0.1) is 13.0 Å². The largest absolute Gasteiger partial charge is 0.462 e. The van der Waals surface area contributed by atoms with Crippen molar-refractivity contribution in [3.63, 3.8) is 0 Å². The predicted octanol–water partition coefficient (Wildman–Crippen LogP) is 1.36. The number of nitrogens with zero attached hydrogens (tertiary/aromatic N) is 1. The van der Waals surface area contributed by atoms with E-state index < -0.39 is 0 Å². The maximum absolute atomic E-state index is 3.71. The maximum Gasteiger partial charge on any atom is 0 e. The van der Waals surface area contributed by atoms with Crippen molar-refractivity contribution in [1.82, 2.24) is 4.90 Å². The Bertz CT molecular complexity index is 37.8. The van der Waals surface area contributed by atoms with Gasteiger partial charge in [0, 0.05) is 32.7 Å². The predicted molar refractivity (Wildman–Crippen MR) is 32.8 cm³/mol. The van der Waals surface area contributed by atoms with Crippen LogP contribution in [-0.4, -0.2) is 18.5 Å². The fraction of sp³-hybridized carbons (Fsp3) is 0.833. The normalized spacial score (nSPS) is 9.75. The Labute approximate surface area is 77.7 Å². The van der Waals surface area contributed by atoms with Crippen LogP contribution in [0.3, 0.4) is 0 Å². The molecule has 0 aromatic rings. The van der Waals surface area contributed by atoms with Crippen molar-refractivity contribution >= 4 is 0 Å². The fourth-order valence-electron chi connectivity index (χ4n) is 0.623. The van der Waals surface area contributed by atoms with Gasteiger partial charge in [-0.1, -0.05) is 13.8 Å². The van der Waals surface area contributed by atoms with E-state index in [1.54, 1.807) is 0 Å². The zero-order valence-corrected chi connectivity index (χ0v) is 8.85. The van der Waals surface area contributed by atoms with Gasteiger partial charge in [-0.05, 0) is 19.5 Å². The van der Waals surface area contributed by atoms with Crippen LogP contribution in [0.25, 0.3) is 0 Å². The van der Waals surface area contributed by atoms with Gasteiger partial charge in [-0.3, -0.25) is 7.05 Å². The van der Waals surface area contributed by atoms with Crippen LogP contribution in [0.15, 0.2) is 0 Å². The molecule has 0 fully saturated rings. The van der Waals surface area contributed by atoms with Gasteiger partial charge in [0.25, 0.3) is 0 Å². The standard InChI is InChI=1S/C6H14N.Y/c1-6(2)5-7(3)4;/h6H,3,5H2,1-2,4H3;/q-1;. The van der Waals surface area contributed by atoms with Crippen LogP contribution in [0.5, 0.6) is 0 Å². The van der Waals surface area contributed by atoms with E-state index in [-0.39, 0.29) is 32.7 Å². The quantitative estimate of drug-likeness (QED) is 0.593. The molecule has 0 rings (SSSR count). The summed E-state index contributed by atoms with van der Waals surface area (Å²) in [6.07, 6.45) is 0. The average molecular weight is 189 g/mol. The summed E-state index contributed by atoms with van der Waals surface area (Å²) in [5.41, 5.74) is 0. The van der Waals surface area contributed by atoms with E-state index in [0.717, 1.165) is 12.5 Å². The smallest absolute Gasteiger partial charge is 0 e. The Morgan fingerprint density at radius 2 is 1.88 bits per heavy atom. The van der Waals surface area contributed by atoms with Gasteiger partial charge in [-0.2, -0.15) is 0 Å². The van der Waals surface area contributed by atoms with E-state index in [1.165, 1.54) is 0 Å². The molecule has 0 saturated carbocycles. The van der Waals surface area contributed by atoms with Crippen molar-refractivity contribution < 1.29 is 32.7 Å². The maximum atomic E-state index is 3.71. The summed E-state index contributed by atoms with van der Waals surface area (Å²) < 4.78 is 0. The van der Waals surface area contributed by atoms with Crippen LogP contribution < -0.4 is 0 Å². The third kappa shape index (κ3) is 10.1. The summed E-state index contributed by atoms with van der Waals surface area (Å²) >= 11 is 0. The minimum atomic E-state index is 0. The van der Waals surface area contributed by atoms with Crippen molar-refractivity contribution in [3.05, 3.63) is 7.05 Å². The molecule has 0 N–H and O–H groups in total. The summed E-state index contributed by atoms with van der Waals surface area (Å²) in [6.45, 7) is 5.45. The van der Waals surface area contributed by atoms with Gasteiger partial charge < -0.3 is 4.90 Å². The zero-order chi connectivity index (χ0) is 5.86. The molecule has 2 heteroatoms. The van der Waals surface area contributed by atoms with Crippen molar-refractivity contribution in [3.8, 4) is 0 Å². The molecule has 0 aliphatic heterocycles. The van der Waals surface area contributed by atoms with E-state index in [1.807, 2.05) is 11.9 Å². The van der Waals surface area contributed by atoms with Crippen molar-refractivity contribution in [2.45, 2.75) is 13.8 Å². The van der Waals surface area contributed by atoms with Crippen molar-refractivity contribution in [2.24, 2.45) is 5.92 Å². The van der Waals surface area contributed by atoms with Gasteiger partial charge in [-0.15, -0.1) is 0 Å². The van der Waals surface area contributed by atoms with Crippen LogP contribution in [0.4, 0.5) is 0 Å². The monoisotopic (exact) mass is 189 g/mol. The Morgan fingerprint density at radius 3 is 1.88 bits per heavy atom. The molecular weight excluding hydrogens is 175 g/mol. The SMILES string of the molecule is [CH2-]N(C)CC(C)C.[Y]. The van der Waals surface area contributed by atoms with Crippen LogP contribution >= 0.6 is 0 Å². The Hall–Kier alpha value is 1.06. The molecule has 0 aliphatic rings. The molecule has 0 unspecified atom stereocenters. The Morgan fingerprint density at radius 1 is 1.50 bits per heavy atom. The first-order valence-corrected chi connectivity index (χ1v) is 2.64. The number of rotatable bonds is 2. The molecule has 0 aromatic carbocycles. The number of hydrogen-bond acceptors (Lipinski definition) is 1. The van der Waals surface area contributed by atoms with Crippen LogP contribution in [-0.2, 0) is 32.7 Å². The second kappa shape index (κ2) is 6.19. The summed E-state index contributed by atoms with van der Waals surface area (Å²) in [5.74, 6) is 0.738. The van der Waals surface area contributed by atoms with E-state index in [9.17, 15) is 0 Å². The first kappa shape index (κ1) is 11.8. The molecule has 0 aromatic heterocycles. The molecule has 0 spiro atoms. The zero-order valence-electron chi connectivity index (χ0n) is 6.02. The van der Waals surface area contributed by atoms with E-state index in [2.05, 4.69) is 20.9 Å². The van der Waals surface area contributed by atoms with E-state index >= 15 is 0 Å². The van der Waals surface area contributed by atoms with Crippen molar-refractivity contribution in [2.75, 3.05) is 13.6 Å². The first-order valence-electron chi connectivity index (χ1n) is 2.64. The minimum absolute atomic E-state index is 0. The summed E-state index contributed by atoms with van der Waals surface area (Å²) in [6, 6.07) is 0. The molecule has 0 atom stereocenters. The molecule has 0 amide bonds. The molecule has 1 radical (unpaired) electrons. The topological polar surface area (TPSA) is 3.24 Å². The summed E-state index contributed by atoms with van der Waals surface area (Å²) in [7, 11) is 5.70. The molecule has 0 saturated heterocycles. The molecule has 8 heavy (non-hydrogen) atoms. The molecule has 1 nitrogen and oxygen atoms in total. The van der Waals surface area contributed by atoms with Gasteiger partial charge >= 0.3 is 0 Å². The van der Waals surface area contributed by atoms with Crippen molar-refractivity contribution in [1.29, 1.82) is 0 Å². The Kier molecular flexibility index (Phi) is 9.14. The minimum Gasteiger partial charge on any atom is -0.462 e. The van der Waals surface area contributed by atoms with Gasteiger partial charge in [0.15, 0.2) is 0 Å². The number of hydrogen-bond donors (Lipinski definition) is 0. The molecule has 0 heterocycles.